The lowest BCUT2D eigenvalue weighted by atomic mass is 9.94. The van der Waals surface area contributed by atoms with Crippen LogP contribution in [0.5, 0.6) is 0 Å². The first-order chi connectivity index (χ1) is 9.61. The molecule has 3 unspecified atom stereocenters. The summed E-state index contributed by atoms with van der Waals surface area (Å²) >= 11 is 0. The number of nitrogens with zero attached hydrogens (tertiary/aromatic N) is 1. The first-order valence-corrected chi connectivity index (χ1v) is 7.26. The molecule has 1 fully saturated rings. The molecule has 2 rings (SSSR count). The average Bonchev–Trinajstić information content (AvgIpc) is 2.77. The number of carbonyl (C=O) groups is 1. The molecule has 0 aromatic heterocycles. The summed E-state index contributed by atoms with van der Waals surface area (Å²) in [6.07, 6.45) is -0.938. The van der Waals surface area contributed by atoms with Crippen LogP contribution in [-0.2, 0) is 11.3 Å². The monoisotopic (exact) mass is 278 g/mol. The van der Waals surface area contributed by atoms with Gasteiger partial charge in [0.2, 0.25) is 0 Å². The number of benzene rings is 1. The Hall–Kier alpha value is -1.26. The molecule has 0 aliphatic carbocycles. The lowest BCUT2D eigenvalue weighted by Gasteiger charge is -2.23. The van der Waals surface area contributed by atoms with Gasteiger partial charge in [-0.2, -0.15) is 0 Å². The molecule has 0 amide bonds. The standard InChI is InChI=1S/C16H23FN2O/c1-3-18-16(12(2)20)14-10-19(11-15(14)17)9-13-7-5-4-6-8-13/h4-8,14-16,18H,3,9-11H2,1-2H3. The second kappa shape index (κ2) is 6.95. The number of hydrogen-bond donors (Lipinski definition) is 1. The molecular weight excluding hydrogens is 255 g/mol. The van der Waals surface area contributed by atoms with Gasteiger partial charge in [0.15, 0.2) is 0 Å². The van der Waals surface area contributed by atoms with Crippen LogP contribution in [0.3, 0.4) is 0 Å². The van der Waals surface area contributed by atoms with Crippen molar-refractivity contribution < 1.29 is 9.18 Å². The maximum atomic E-state index is 14.2. The highest BCUT2D eigenvalue weighted by Crippen LogP contribution is 2.25. The van der Waals surface area contributed by atoms with Gasteiger partial charge >= 0.3 is 0 Å². The van der Waals surface area contributed by atoms with Gasteiger partial charge in [-0.3, -0.25) is 9.69 Å². The zero-order valence-electron chi connectivity index (χ0n) is 12.2. The predicted molar refractivity (Wildman–Crippen MR) is 78.3 cm³/mol. The van der Waals surface area contributed by atoms with Crippen molar-refractivity contribution in [3.63, 3.8) is 0 Å². The van der Waals surface area contributed by atoms with Crippen LogP contribution in [0.2, 0.25) is 0 Å². The lowest BCUT2D eigenvalue weighted by Crippen LogP contribution is -2.45. The van der Waals surface area contributed by atoms with Gasteiger partial charge < -0.3 is 5.32 Å². The first kappa shape index (κ1) is 15.1. The molecule has 1 aromatic rings. The lowest BCUT2D eigenvalue weighted by molar-refractivity contribution is -0.120. The molecule has 3 nitrogen and oxygen atoms in total. The van der Waals surface area contributed by atoms with Gasteiger partial charge in [-0.15, -0.1) is 0 Å². The molecule has 0 spiro atoms. The van der Waals surface area contributed by atoms with E-state index in [0.717, 1.165) is 6.54 Å². The Morgan fingerprint density at radius 3 is 2.70 bits per heavy atom. The molecule has 1 aliphatic heterocycles. The van der Waals surface area contributed by atoms with Crippen LogP contribution in [0.4, 0.5) is 4.39 Å². The highest BCUT2D eigenvalue weighted by Gasteiger charge is 2.39. The van der Waals surface area contributed by atoms with Crippen LogP contribution in [0, 0.1) is 5.92 Å². The molecule has 4 heteroatoms. The van der Waals surface area contributed by atoms with Gasteiger partial charge in [0.1, 0.15) is 12.0 Å². The second-order valence-electron chi connectivity index (χ2n) is 5.51. The summed E-state index contributed by atoms with van der Waals surface area (Å²) in [5.41, 5.74) is 1.18. The van der Waals surface area contributed by atoms with Crippen molar-refractivity contribution >= 4 is 5.78 Å². The third-order valence-electron chi connectivity index (χ3n) is 3.91. The largest absolute Gasteiger partial charge is 0.307 e. The maximum Gasteiger partial charge on any atom is 0.147 e. The van der Waals surface area contributed by atoms with Gasteiger partial charge in [0.25, 0.3) is 0 Å². The van der Waals surface area contributed by atoms with Crippen molar-refractivity contribution in [2.75, 3.05) is 19.6 Å². The third-order valence-corrected chi connectivity index (χ3v) is 3.91. The van der Waals surface area contributed by atoms with Crippen molar-refractivity contribution in [1.82, 2.24) is 10.2 Å². The zero-order chi connectivity index (χ0) is 14.5. The highest BCUT2D eigenvalue weighted by atomic mass is 19.1. The van der Waals surface area contributed by atoms with Crippen molar-refractivity contribution in [2.45, 2.75) is 32.6 Å². The van der Waals surface area contributed by atoms with E-state index in [1.807, 2.05) is 37.3 Å². The van der Waals surface area contributed by atoms with Crippen molar-refractivity contribution in [3.05, 3.63) is 35.9 Å². The van der Waals surface area contributed by atoms with Crippen molar-refractivity contribution in [1.29, 1.82) is 0 Å². The Bertz CT molecular complexity index is 437. The van der Waals surface area contributed by atoms with Crippen molar-refractivity contribution in [3.8, 4) is 0 Å². The molecule has 0 bridgehead atoms. The maximum absolute atomic E-state index is 14.2. The van der Waals surface area contributed by atoms with E-state index >= 15 is 0 Å². The molecular formula is C16H23FN2O. The van der Waals surface area contributed by atoms with Crippen LogP contribution in [0.25, 0.3) is 0 Å². The second-order valence-corrected chi connectivity index (χ2v) is 5.51. The molecule has 110 valence electrons. The Kier molecular flexibility index (Phi) is 5.26. The molecule has 1 aliphatic rings. The summed E-state index contributed by atoms with van der Waals surface area (Å²) in [6, 6.07) is 9.70. The highest BCUT2D eigenvalue weighted by molar-refractivity contribution is 5.82. The van der Waals surface area contributed by atoms with E-state index in [-0.39, 0.29) is 17.7 Å². The molecule has 20 heavy (non-hydrogen) atoms. The van der Waals surface area contributed by atoms with Gasteiger partial charge in [-0.05, 0) is 19.0 Å². The summed E-state index contributed by atoms with van der Waals surface area (Å²) in [6.45, 7) is 5.96. The number of alkyl halides is 1. The SMILES string of the molecule is CCNC(C(C)=O)C1CN(Cc2ccccc2)CC1F. The van der Waals surface area contributed by atoms with Gasteiger partial charge in [-0.1, -0.05) is 37.3 Å². The van der Waals surface area contributed by atoms with Crippen LogP contribution < -0.4 is 5.32 Å². The van der Waals surface area contributed by atoms with Gasteiger partial charge in [0.05, 0.1) is 6.04 Å². The molecule has 0 saturated carbocycles. The number of ketones is 1. The topological polar surface area (TPSA) is 32.3 Å². The Morgan fingerprint density at radius 1 is 1.40 bits per heavy atom. The fourth-order valence-corrected chi connectivity index (χ4v) is 2.97. The van der Waals surface area contributed by atoms with Crippen LogP contribution in [0.1, 0.15) is 19.4 Å². The van der Waals surface area contributed by atoms with E-state index in [1.54, 1.807) is 6.92 Å². The van der Waals surface area contributed by atoms with Gasteiger partial charge in [-0.25, -0.2) is 4.39 Å². The number of Topliss-reactive ketones (excluding diaryl/α,β-unsaturated/α-hetero) is 1. The smallest absolute Gasteiger partial charge is 0.147 e. The minimum absolute atomic E-state index is 0.0288. The van der Waals surface area contributed by atoms with E-state index in [9.17, 15) is 9.18 Å². The van der Waals surface area contributed by atoms with E-state index in [0.29, 0.717) is 19.6 Å². The van der Waals surface area contributed by atoms with Crippen LogP contribution in [0.15, 0.2) is 30.3 Å². The van der Waals surface area contributed by atoms with Crippen LogP contribution >= 0.6 is 0 Å². The number of halogens is 1. The minimum atomic E-state index is -0.938. The number of likely N-dealkylation sites (N-methyl/N-ethyl adjacent to an activating group) is 1. The molecule has 0 radical (unpaired) electrons. The average molecular weight is 278 g/mol. The number of nitrogens with one attached hydrogen (secondary N) is 1. The van der Waals surface area contributed by atoms with Crippen molar-refractivity contribution in [2.24, 2.45) is 5.92 Å². The number of likely N-dealkylation sites (tertiary alicyclic amines) is 1. The summed E-state index contributed by atoms with van der Waals surface area (Å²) in [5.74, 6) is -0.211. The van der Waals surface area contributed by atoms with Gasteiger partial charge in [0, 0.05) is 25.6 Å². The van der Waals surface area contributed by atoms with E-state index in [4.69, 9.17) is 0 Å². The first-order valence-electron chi connectivity index (χ1n) is 7.26. The third kappa shape index (κ3) is 3.64. The molecule has 1 aromatic carbocycles. The Balaban J connectivity index is 1.99. The zero-order valence-corrected chi connectivity index (χ0v) is 12.2. The summed E-state index contributed by atoms with van der Waals surface area (Å²) in [7, 11) is 0. The normalized spacial score (nSPS) is 24.8. The van der Waals surface area contributed by atoms with E-state index in [2.05, 4.69) is 10.2 Å². The van der Waals surface area contributed by atoms with E-state index in [1.165, 1.54) is 5.56 Å². The fraction of sp³-hybridized carbons (Fsp3) is 0.562. The molecule has 1 heterocycles. The summed E-state index contributed by atoms with van der Waals surface area (Å²) in [5, 5.41) is 3.12. The molecule has 1 saturated heterocycles. The predicted octanol–water partition coefficient (Wildman–Crippen LogP) is 2.02. The number of hydrogen-bond acceptors (Lipinski definition) is 3. The quantitative estimate of drug-likeness (QED) is 0.864. The fourth-order valence-electron chi connectivity index (χ4n) is 2.97. The summed E-state index contributed by atoms with van der Waals surface area (Å²) in [4.78, 5) is 13.8. The Labute approximate surface area is 120 Å². The molecule has 3 atom stereocenters. The number of carbonyl (C=O) groups excluding carboxylic acids is 1. The van der Waals surface area contributed by atoms with E-state index < -0.39 is 6.17 Å². The van der Waals surface area contributed by atoms with Crippen LogP contribution in [-0.4, -0.2) is 42.5 Å². The molecule has 1 N–H and O–H groups in total. The minimum Gasteiger partial charge on any atom is -0.307 e. The number of rotatable bonds is 6. The Morgan fingerprint density at radius 2 is 2.10 bits per heavy atom. The summed E-state index contributed by atoms with van der Waals surface area (Å²) < 4.78 is 14.2.